The van der Waals surface area contributed by atoms with Crippen molar-refractivity contribution in [2.75, 3.05) is 38.2 Å². The topological polar surface area (TPSA) is 139 Å². The van der Waals surface area contributed by atoms with Crippen LogP contribution in [0, 0.1) is 11.3 Å². The van der Waals surface area contributed by atoms with E-state index in [2.05, 4.69) is 5.32 Å². The molecule has 1 aliphatic rings. The number of anilines is 1. The van der Waals surface area contributed by atoms with Gasteiger partial charge in [0.05, 0.1) is 23.8 Å². The van der Waals surface area contributed by atoms with Gasteiger partial charge >= 0.3 is 6.03 Å². The highest BCUT2D eigenvalue weighted by molar-refractivity contribution is 6.32. The molecule has 2 aromatic carbocycles. The number of carbonyl (C=O) groups is 1. The first kappa shape index (κ1) is 24.7. The summed E-state index contributed by atoms with van der Waals surface area (Å²) in [4.78, 5) is 16.8. The van der Waals surface area contributed by atoms with Gasteiger partial charge in [-0.1, -0.05) is 23.2 Å². The number of halogens is 2. The maximum Gasteiger partial charge on any atom is 0.316 e. The summed E-state index contributed by atoms with van der Waals surface area (Å²) in [5.74, 6) is 1.02. The maximum atomic E-state index is 11.3. The third-order valence-corrected chi connectivity index (χ3v) is 4.94. The first-order chi connectivity index (χ1) is 15.8. The lowest BCUT2D eigenvalue weighted by Crippen LogP contribution is -2.34. The summed E-state index contributed by atoms with van der Waals surface area (Å²) in [5.41, 5.74) is 5.38. The molecule has 2 aromatic rings. The summed E-state index contributed by atoms with van der Waals surface area (Å²) >= 11 is 12.0. The van der Waals surface area contributed by atoms with Gasteiger partial charge in [0, 0.05) is 11.1 Å². The van der Waals surface area contributed by atoms with Crippen LogP contribution in [0.1, 0.15) is 0 Å². The van der Waals surface area contributed by atoms with Crippen molar-refractivity contribution in [3.05, 3.63) is 46.4 Å². The highest BCUT2D eigenvalue weighted by Crippen LogP contribution is 2.36. The fourth-order valence-corrected chi connectivity index (χ4v) is 3.35. The molecule has 1 aliphatic heterocycles. The molecule has 2 amide bonds. The largest absolute Gasteiger partial charge is 0.489 e. The zero-order valence-electron chi connectivity index (χ0n) is 17.4. The van der Waals surface area contributed by atoms with E-state index in [1.54, 1.807) is 29.3 Å². The third kappa shape index (κ3) is 7.56. The number of nitrogens with one attached hydrogen (secondary N) is 1. The fraction of sp³-hybridized carbons (Fsp3) is 0.333. The van der Waals surface area contributed by atoms with Crippen LogP contribution in [-0.2, 0) is 4.84 Å². The average Bonchev–Trinajstić information content (AvgIpc) is 3.20. The number of nitriles is 1. The normalized spacial score (nSPS) is 16.6. The highest BCUT2D eigenvalue weighted by Gasteiger charge is 2.27. The number of carbonyl (C=O) groups excluding carboxylic acids is 1. The van der Waals surface area contributed by atoms with Crippen LogP contribution in [-0.4, -0.2) is 61.3 Å². The molecule has 1 fully saturated rings. The number of hydrogen-bond acceptors (Lipinski definition) is 8. The van der Waals surface area contributed by atoms with Crippen molar-refractivity contribution >= 4 is 34.9 Å². The molecule has 0 unspecified atom stereocenters. The van der Waals surface area contributed by atoms with E-state index < -0.39 is 12.1 Å². The van der Waals surface area contributed by atoms with Crippen LogP contribution in [0.4, 0.5) is 10.5 Å². The maximum absolute atomic E-state index is 11.3. The van der Waals surface area contributed by atoms with Crippen molar-refractivity contribution < 1.29 is 28.9 Å². The van der Waals surface area contributed by atoms with Crippen molar-refractivity contribution in [3.63, 3.8) is 0 Å². The molecule has 2 atom stereocenters. The minimum absolute atomic E-state index is 0.130. The number of β-amino-alcohol motifs (C(OH)–C–C–N with tert-alkyl or cyclic N) is 1. The summed E-state index contributed by atoms with van der Waals surface area (Å²) in [6.45, 7) is 0.580. The van der Waals surface area contributed by atoms with Crippen molar-refractivity contribution in [2.24, 2.45) is 5.73 Å². The van der Waals surface area contributed by atoms with E-state index in [4.69, 9.17) is 53.2 Å². The molecule has 0 aliphatic carbocycles. The molecule has 10 nitrogen and oxygen atoms in total. The lowest BCUT2D eigenvalue weighted by atomic mass is 10.2. The summed E-state index contributed by atoms with van der Waals surface area (Å²) in [6, 6.07) is 10.8. The second kappa shape index (κ2) is 11.8. The van der Waals surface area contributed by atoms with Crippen LogP contribution >= 0.6 is 23.2 Å². The molecule has 1 saturated heterocycles. The summed E-state index contributed by atoms with van der Waals surface area (Å²) < 4.78 is 16.7. The van der Waals surface area contributed by atoms with E-state index in [9.17, 15) is 9.90 Å². The van der Waals surface area contributed by atoms with E-state index in [1.165, 1.54) is 12.1 Å². The molecule has 0 saturated carbocycles. The van der Waals surface area contributed by atoms with Gasteiger partial charge in [0.15, 0.2) is 6.61 Å². The first-order valence-corrected chi connectivity index (χ1v) is 10.6. The summed E-state index contributed by atoms with van der Waals surface area (Å²) in [5, 5.41) is 23.8. The molecule has 4 N–H and O–H groups in total. The van der Waals surface area contributed by atoms with Gasteiger partial charge in [-0.15, -0.1) is 0 Å². The van der Waals surface area contributed by atoms with Crippen LogP contribution in [0.25, 0.3) is 0 Å². The Balaban J connectivity index is 1.54. The van der Waals surface area contributed by atoms with Crippen molar-refractivity contribution in [1.29, 1.82) is 5.26 Å². The van der Waals surface area contributed by atoms with Gasteiger partial charge in [-0.05, 0) is 30.3 Å². The van der Waals surface area contributed by atoms with Gasteiger partial charge in [0.2, 0.25) is 0 Å². The number of nitrogens with zero attached hydrogens (tertiary/aromatic N) is 2. The van der Waals surface area contributed by atoms with Crippen LogP contribution < -0.4 is 25.3 Å². The number of rotatable bonds is 10. The molecule has 1 heterocycles. The number of hydrogen-bond donors (Lipinski definition) is 3. The molecule has 33 heavy (non-hydrogen) atoms. The smallest absolute Gasteiger partial charge is 0.316 e. The SMILES string of the molecule is N#CCOc1cc(OC[C@@H](O)CN2C[C@@H](Oc3ccc(Cl)cc3)CO2)c(NC(N)=O)cc1Cl. The van der Waals surface area contributed by atoms with Gasteiger partial charge in [-0.25, -0.2) is 4.79 Å². The van der Waals surface area contributed by atoms with Crippen LogP contribution in [0.15, 0.2) is 36.4 Å². The minimum Gasteiger partial charge on any atom is -0.489 e. The van der Waals surface area contributed by atoms with Crippen LogP contribution in [0.3, 0.4) is 0 Å². The Hall–Kier alpha value is -2.94. The van der Waals surface area contributed by atoms with Gasteiger partial charge in [-0.3, -0.25) is 4.84 Å². The number of nitrogens with two attached hydrogens (primary N) is 1. The Morgan fingerprint density at radius 3 is 2.76 bits per heavy atom. The number of ether oxygens (including phenoxy) is 3. The highest BCUT2D eigenvalue weighted by atomic mass is 35.5. The number of urea groups is 1. The second-order valence-electron chi connectivity index (χ2n) is 7.02. The molecule has 0 aromatic heterocycles. The average molecular weight is 497 g/mol. The summed E-state index contributed by atoms with van der Waals surface area (Å²) in [7, 11) is 0. The first-order valence-electron chi connectivity index (χ1n) is 9.84. The Kier molecular flexibility index (Phi) is 8.82. The number of primary amides is 1. The zero-order chi connectivity index (χ0) is 23.8. The molecule has 0 radical (unpaired) electrons. The molecular weight excluding hydrogens is 475 g/mol. The van der Waals surface area contributed by atoms with E-state index in [-0.39, 0.29) is 48.1 Å². The van der Waals surface area contributed by atoms with Crippen molar-refractivity contribution in [3.8, 4) is 23.3 Å². The predicted octanol–water partition coefficient (Wildman–Crippen LogP) is 2.82. The van der Waals surface area contributed by atoms with E-state index in [0.29, 0.717) is 23.9 Å². The summed E-state index contributed by atoms with van der Waals surface area (Å²) in [6.07, 6.45) is -1.14. The fourth-order valence-electron chi connectivity index (χ4n) is 3.00. The Labute approximate surface area is 200 Å². The third-order valence-electron chi connectivity index (χ3n) is 4.40. The monoisotopic (exact) mass is 496 g/mol. The minimum atomic E-state index is -0.931. The zero-order valence-corrected chi connectivity index (χ0v) is 18.9. The standard InChI is InChI=1S/C21H22Cl2N4O6/c22-13-1-3-15(4-2-13)33-16-10-27(32-12-16)9-14(28)11-31-20-8-19(30-6-5-24)17(23)7-18(20)26-21(25)29/h1-4,7-8,14,16,28H,6,9-12H2,(H3,25,26,29)/t14-,16+/m0/s1. The second-order valence-corrected chi connectivity index (χ2v) is 7.86. The van der Waals surface area contributed by atoms with E-state index in [0.717, 1.165) is 0 Å². The molecule has 0 spiro atoms. The quantitative estimate of drug-likeness (QED) is 0.456. The van der Waals surface area contributed by atoms with Gasteiger partial charge in [0.25, 0.3) is 0 Å². The van der Waals surface area contributed by atoms with Gasteiger partial charge < -0.3 is 30.4 Å². The van der Waals surface area contributed by atoms with Crippen LogP contribution in [0.5, 0.6) is 17.2 Å². The Bertz CT molecular complexity index is 1000. The molecule has 3 rings (SSSR count). The number of amides is 2. The number of aliphatic hydroxyl groups is 1. The van der Waals surface area contributed by atoms with Crippen LogP contribution in [0.2, 0.25) is 10.0 Å². The van der Waals surface area contributed by atoms with Crippen molar-refractivity contribution in [1.82, 2.24) is 5.06 Å². The Morgan fingerprint density at radius 1 is 1.30 bits per heavy atom. The van der Waals surface area contributed by atoms with Gasteiger partial charge in [0.1, 0.15) is 48.7 Å². The molecule has 12 heteroatoms. The van der Waals surface area contributed by atoms with E-state index >= 15 is 0 Å². The lowest BCUT2D eigenvalue weighted by Gasteiger charge is -2.20. The molecular formula is C21H22Cl2N4O6. The Morgan fingerprint density at radius 2 is 2.06 bits per heavy atom. The van der Waals surface area contributed by atoms with E-state index in [1.807, 2.05) is 6.07 Å². The van der Waals surface area contributed by atoms with Gasteiger partial charge in [-0.2, -0.15) is 10.3 Å². The number of hydroxylamine groups is 2. The number of aliphatic hydroxyl groups excluding tert-OH is 1. The number of benzene rings is 2. The predicted molar refractivity (Wildman–Crippen MR) is 121 cm³/mol. The lowest BCUT2D eigenvalue weighted by molar-refractivity contribution is -0.131. The van der Waals surface area contributed by atoms with Crippen molar-refractivity contribution in [2.45, 2.75) is 12.2 Å². The molecule has 0 bridgehead atoms. The molecule has 176 valence electrons.